The number of para-hydroxylation sites is 1. The first-order valence-corrected chi connectivity index (χ1v) is 8.20. The van der Waals surface area contributed by atoms with Gasteiger partial charge in [0.1, 0.15) is 0 Å². The van der Waals surface area contributed by atoms with E-state index in [2.05, 4.69) is 25.7 Å². The van der Waals surface area contributed by atoms with E-state index in [-0.39, 0.29) is 18.3 Å². The Kier molecular flexibility index (Phi) is 4.66. The molecule has 8 nitrogen and oxygen atoms in total. The molecule has 134 valence electrons. The van der Waals surface area contributed by atoms with Gasteiger partial charge in [0.2, 0.25) is 11.7 Å². The van der Waals surface area contributed by atoms with Crippen molar-refractivity contribution in [2.24, 2.45) is 0 Å². The Balaban J connectivity index is 1.67. The highest BCUT2D eigenvalue weighted by atomic mass is 16.2. The molecular weight excluding hydrogens is 332 g/mol. The minimum atomic E-state index is -0.524. The molecule has 2 N–H and O–H groups in total. The summed E-state index contributed by atoms with van der Waals surface area (Å²) in [6.07, 6.45) is 0. The number of anilines is 1. The summed E-state index contributed by atoms with van der Waals surface area (Å²) in [5.74, 6) is -0.507. The second kappa shape index (κ2) is 6.91. The zero-order valence-corrected chi connectivity index (χ0v) is 15.1. The molecule has 0 spiro atoms. The van der Waals surface area contributed by atoms with Crippen LogP contribution < -0.4 is 10.6 Å². The molecule has 0 fully saturated rings. The number of aromatic nitrogens is 4. The second-order valence-corrected chi connectivity index (χ2v) is 6.18. The lowest BCUT2D eigenvalue weighted by Crippen LogP contribution is -2.33. The van der Waals surface area contributed by atoms with Crippen LogP contribution in [-0.4, -0.2) is 37.9 Å². The number of nitrogens with zero attached hydrogens (tertiary/aromatic N) is 4. The molecule has 3 aromatic rings. The molecule has 3 rings (SSSR count). The first-order valence-electron chi connectivity index (χ1n) is 8.20. The number of carbonyl (C=O) groups is 2. The number of hydrogen-bond donors (Lipinski definition) is 2. The number of amides is 2. The van der Waals surface area contributed by atoms with Crippen molar-refractivity contribution in [3.05, 3.63) is 52.6 Å². The molecule has 8 heteroatoms. The van der Waals surface area contributed by atoms with Crippen LogP contribution in [0.5, 0.6) is 0 Å². The Morgan fingerprint density at radius 2 is 1.77 bits per heavy atom. The van der Waals surface area contributed by atoms with Crippen molar-refractivity contribution in [3.63, 3.8) is 0 Å². The van der Waals surface area contributed by atoms with E-state index >= 15 is 0 Å². The van der Waals surface area contributed by atoms with Crippen molar-refractivity contribution in [3.8, 4) is 0 Å². The number of hydrogen-bond acceptors (Lipinski definition) is 5. The van der Waals surface area contributed by atoms with Gasteiger partial charge in [-0.25, -0.2) is 9.50 Å². The summed E-state index contributed by atoms with van der Waals surface area (Å²) in [5, 5.41) is 9.50. The molecule has 0 bridgehead atoms. The first-order chi connectivity index (χ1) is 12.3. The molecule has 2 amide bonds. The molecule has 26 heavy (non-hydrogen) atoms. The van der Waals surface area contributed by atoms with E-state index in [1.807, 2.05) is 52.0 Å². The lowest BCUT2D eigenvalue weighted by molar-refractivity contribution is -0.115. The Labute approximate surface area is 150 Å². The van der Waals surface area contributed by atoms with Gasteiger partial charge in [0.15, 0.2) is 0 Å². The molecule has 0 saturated carbocycles. The van der Waals surface area contributed by atoms with E-state index in [0.29, 0.717) is 5.78 Å². The third-order valence-corrected chi connectivity index (χ3v) is 3.98. The largest absolute Gasteiger partial charge is 0.340 e. The normalized spacial score (nSPS) is 10.8. The van der Waals surface area contributed by atoms with Crippen LogP contribution in [0.25, 0.3) is 5.78 Å². The molecule has 0 aliphatic carbocycles. The van der Waals surface area contributed by atoms with Crippen LogP contribution in [-0.2, 0) is 4.79 Å². The van der Waals surface area contributed by atoms with Gasteiger partial charge in [-0.15, -0.1) is 5.10 Å². The van der Waals surface area contributed by atoms with Gasteiger partial charge in [0.25, 0.3) is 11.7 Å². The maximum Gasteiger partial charge on any atom is 0.291 e. The lowest BCUT2D eigenvalue weighted by atomic mass is 10.1. The molecule has 0 atom stereocenters. The van der Waals surface area contributed by atoms with Gasteiger partial charge in [-0.2, -0.15) is 4.98 Å². The summed E-state index contributed by atoms with van der Waals surface area (Å²) in [7, 11) is 0. The van der Waals surface area contributed by atoms with Gasteiger partial charge in [0, 0.05) is 17.1 Å². The summed E-state index contributed by atoms with van der Waals surface area (Å²) >= 11 is 0. The molecule has 2 aromatic heterocycles. The summed E-state index contributed by atoms with van der Waals surface area (Å²) < 4.78 is 1.50. The molecule has 1 aromatic carbocycles. The quantitative estimate of drug-likeness (QED) is 0.744. The SMILES string of the molecule is Cc1cc(C)n2nc(C(=O)NCC(=O)Nc3c(C)cccc3C)nc2n1. The van der Waals surface area contributed by atoms with Crippen LogP contribution in [0, 0.1) is 27.7 Å². The fourth-order valence-electron chi connectivity index (χ4n) is 2.70. The highest BCUT2D eigenvalue weighted by Crippen LogP contribution is 2.19. The predicted octanol–water partition coefficient (Wildman–Crippen LogP) is 1.73. The average Bonchev–Trinajstić information content (AvgIpc) is 3.00. The topological polar surface area (TPSA) is 101 Å². The third kappa shape index (κ3) is 3.53. The van der Waals surface area contributed by atoms with Crippen molar-refractivity contribution < 1.29 is 9.59 Å². The van der Waals surface area contributed by atoms with Gasteiger partial charge in [-0.05, 0) is 44.9 Å². The number of rotatable bonds is 4. The van der Waals surface area contributed by atoms with Crippen molar-refractivity contribution >= 4 is 23.3 Å². The van der Waals surface area contributed by atoms with Crippen LogP contribution in [0.1, 0.15) is 33.1 Å². The summed E-state index contributed by atoms with van der Waals surface area (Å²) in [6, 6.07) is 7.61. The number of fused-ring (bicyclic) bond motifs is 1. The van der Waals surface area contributed by atoms with E-state index in [4.69, 9.17) is 0 Å². The van der Waals surface area contributed by atoms with Gasteiger partial charge < -0.3 is 10.6 Å². The second-order valence-electron chi connectivity index (χ2n) is 6.18. The minimum Gasteiger partial charge on any atom is -0.340 e. The van der Waals surface area contributed by atoms with E-state index in [0.717, 1.165) is 28.2 Å². The smallest absolute Gasteiger partial charge is 0.291 e. The standard InChI is InChI=1S/C18H20N6O2/c1-10-6-5-7-11(2)15(10)21-14(25)9-19-17(26)16-22-18-20-12(3)8-13(4)24(18)23-16/h5-8H,9H2,1-4H3,(H,19,26)(H,21,25). The molecule has 0 unspecified atom stereocenters. The number of nitrogens with one attached hydrogen (secondary N) is 2. The van der Waals surface area contributed by atoms with E-state index in [1.54, 1.807) is 0 Å². The zero-order chi connectivity index (χ0) is 18.8. The average molecular weight is 352 g/mol. The van der Waals surface area contributed by atoms with Gasteiger partial charge >= 0.3 is 0 Å². The van der Waals surface area contributed by atoms with Crippen LogP contribution in [0.2, 0.25) is 0 Å². The molecule has 0 aliphatic rings. The van der Waals surface area contributed by atoms with Crippen molar-refractivity contribution in [2.75, 3.05) is 11.9 Å². The summed E-state index contributed by atoms with van der Waals surface area (Å²) in [5.41, 5.74) is 4.30. The number of carbonyl (C=O) groups excluding carboxylic acids is 2. The van der Waals surface area contributed by atoms with Crippen LogP contribution in [0.3, 0.4) is 0 Å². The summed E-state index contributed by atoms with van der Waals surface area (Å²) in [4.78, 5) is 32.7. The summed E-state index contributed by atoms with van der Waals surface area (Å²) in [6.45, 7) is 7.36. The van der Waals surface area contributed by atoms with Crippen LogP contribution >= 0.6 is 0 Å². The maximum absolute atomic E-state index is 12.2. The Hall–Kier alpha value is -3.29. The van der Waals surface area contributed by atoms with E-state index in [9.17, 15) is 9.59 Å². The minimum absolute atomic E-state index is 0.0222. The van der Waals surface area contributed by atoms with Crippen molar-refractivity contribution in [1.29, 1.82) is 0 Å². The van der Waals surface area contributed by atoms with Crippen molar-refractivity contribution in [2.45, 2.75) is 27.7 Å². The third-order valence-electron chi connectivity index (χ3n) is 3.98. The highest BCUT2D eigenvalue weighted by molar-refractivity contribution is 5.98. The Morgan fingerprint density at radius 3 is 2.46 bits per heavy atom. The maximum atomic E-state index is 12.2. The van der Waals surface area contributed by atoms with Gasteiger partial charge in [-0.1, -0.05) is 18.2 Å². The van der Waals surface area contributed by atoms with Crippen LogP contribution in [0.15, 0.2) is 24.3 Å². The number of aryl methyl sites for hydroxylation is 4. The van der Waals surface area contributed by atoms with Crippen molar-refractivity contribution in [1.82, 2.24) is 24.9 Å². The molecule has 2 heterocycles. The fourth-order valence-corrected chi connectivity index (χ4v) is 2.70. The Bertz CT molecular complexity index is 988. The molecule has 0 aliphatic heterocycles. The van der Waals surface area contributed by atoms with E-state index < -0.39 is 5.91 Å². The monoisotopic (exact) mass is 352 g/mol. The molecular formula is C18H20N6O2. The van der Waals surface area contributed by atoms with Gasteiger partial charge in [-0.3, -0.25) is 9.59 Å². The predicted molar refractivity (Wildman–Crippen MR) is 97.1 cm³/mol. The first kappa shape index (κ1) is 17.5. The van der Waals surface area contributed by atoms with E-state index in [1.165, 1.54) is 4.52 Å². The van der Waals surface area contributed by atoms with Crippen LogP contribution in [0.4, 0.5) is 5.69 Å². The fraction of sp³-hybridized carbons (Fsp3) is 0.278. The highest BCUT2D eigenvalue weighted by Gasteiger charge is 2.16. The molecule has 0 saturated heterocycles. The van der Waals surface area contributed by atoms with Gasteiger partial charge in [0.05, 0.1) is 6.54 Å². The Morgan fingerprint density at radius 1 is 1.08 bits per heavy atom. The molecule has 0 radical (unpaired) electrons. The number of benzene rings is 1. The zero-order valence-electron chi connectivity index (χ0n) is 15.1. The lowest BCUT2D eigenvalue weighted by Gasteiger charge is -2.11.